The molecule has 0 aromatic carbocycles. The van der Waals surface area contributed by atoms with Crippen LogP contribution in [-0.2, 0) is 0 Å². The molecule has 2 heteroatoms. The van der Waals surface area contributed by atoms with Crippen LogP contribution < -0.4 is 0 Å². The van der Waals surface area contributed by atoms with E-state index in [2.05, 4.69) is 13.8 Å². The highest BCUT2D eigenvalue weighted by Crippen LogP contribution is 2.12. The lowest BCUT2D eigenvalue weighted by molar-refractivity contribution is 0.140. The van der Waals surface area contributed by atoms with Gasteiger partial charge in [0, 0.05) is 0 Å². The molecule has 0 saturated heterocycles. The van der Waals surface area contributed by atoms with E-state index in [1.807, 2.05) is 0 Å². The van der Waals surface area contributed by atoms with Gasteiger partial charge in [0.05, 0.1) is 12.2 Å². The van der Waals surface area contributed by atoms with Crippen LogP contribution >= 0.6 is 0 Å². The Bertz CT molecular complexity index is 137. The van der Waals surface area contributed by atoms with E-state index in [9.17, 15) is 10.2 Å². The van der Waals surface area contributed by atoms with Crippen molar-refractivity contribution in [2.45, 2.75) is 90.3 Å². The van der Waals surface area contributed by atoms with E-state index < -0.39 is 0 Å². The Morgan fingerprint density at radius 3 is 1.62 bits per heavy atom. The third kappa shape index (κ3) is 10.4. The van der Waals surface area contributed by atoms with Gasteiger partial charge in [-0.1, -0.05) is 52.4 Å². The Hall–Kier alpha value is -0.0800. The lowest BCUT2D eigenvalue weighted by Crippen LogP contribution is -2.07. The van der Waals surface area contributed by atoms with Crippen molar-refractivity contribution in [2.24, 2.45) is 0 Å². The molecule has 98 valence electrons. The predicted molar refractivity (Wildman–Crippen MR) is 69.5 cm³/mol. The molecule has 0 rings (SSSR count). The van der Waals surface area contributed by atoms with Gasteiger partial charge in [-0.15, -0.1) is 0 Å². The Morgan fingerprint density at radius 2 is 1.12 bits per heavy atom. The second-order valence-electron chi connectivity index (χ2n) is 4.88. The van der Waals surface area contributed by atoms with Gasteiger partial charge in [-0.2, -0.15) is 0 Å². The third-order valence-electron chi connectivity index (χ3n) is 3.09. The summed E-state index contributed by atoms with van der Waals surface area (Å²) in [6.07, 6.45) is 10.3. The van der Waals surface area contributed by atoms with Crippen molar-refractivity contribution in [3.8, 4) is 0 Å². The van der Waals surface area contributed by atoms with Crippen LogP contribution in [0.1, 0.15) is 78.1 Å². The summed E-state index contributed by atoms with van der Waals surface area (Å²) in [5.41, 5.74) is 0. The zero-order valence-electron chi connectivity index (χ0n) is 11.1. The minimum absolute atomic E-state index is 0.0967. The summed E-state index contributed by atoms with van der Waals surface area (Å²) in [7, 11) is 0. The van der Waals surface area contributed by atoms with Gasteiger partial charge in [0.15, 0.2) is 0 Å². The largest absolute Gasteiger partial charge is 0.393 e. The Labute approximate surface area is 101 Å². The summed E-state index contributed by atoms with van der Waals surface area (Å²) in [6.45, 7) is 4.26. The van der Waals surface area contributed by atoms with Crippen LogP contribution in [0.4, 0.5) is 0 Å². The molecule has 2 atom stereocenters. The fourth-order valence-corrected chi connectivity index (χ4v) is 2.00. The maximum Gasteiger partial charge on any atom is 0.0540 e. The van der Waals surface area contributed by atoms with Crippen molar-refractivity contribution in [2.75, 3.05) is 0 Å². The van der Waals surface area contributed by atoms with Crippen molar-refractivity contribution in [1.82, 2.24) is 0 Å². The number of aliphatic hydroxyl groups is 2. The minimum atomic E-state index is -0.102. The molecule has 0 saturated carbocycles. The van der Waals surface area contributed by atoms with E-state index in [1.54, 1.807) is 0 Å². The summed E-state index contributed by atoms with van der Waals surface area (Å²) in [5, 5.41) is 19.1. The van der Waals surface area contributed by atoms with E-state index in [4.69, 9.17) is 0 Å². The quantitative estimate of drug-likeness (QED) is 0.532. The predicted octanol–water partition coefficient (Wildman–Crippen LogP) is 3.65. The highest BCUT2D eigenvalue weighted by molar-refractivity contribution is 4.58. The van der Waals surface area contributed by atoms with Gasteiger partial charge in [-0.25, -0.2) is 0 Å². The van der Waals surface area contributed by atoms with Gasteiger partial charge in [0.1, 0.15) is 0 Å². The number of hydrogen-bond donors (Lipinski definition) is 2. The fraction of sp³-hybridized carbons (Fsp3) is 1.00. The molecule has 0 spiro atoms. The van der Waals surface area contributed by atoms with Gasteiger partial charge in [-0.3, -0.25) is 0 Å². The van der Waals surface area contributed by atoms with E-state index in [0.717, 1.165) is 57.8 Å². The second kappa shape index (κ2) is 11.4. The maximum atomic E-state index is 9.62. The van der Waals surface area contributed by atoms with Gasteiger partial charge in [-0.05, 0) is 25.7 Å². The van der Waals surface area contributed by atoms with Crippen molar-refractivity contribution in [3.05, 3.63) is 0 Å². The Balaban J connectivity index is 3.19. The van der Waals surface area contributed by atoms with Crippen molar-refractivity contribution in [3.63, 3.8) is 0 Å². The van der Waals surface area contributed by atoms with Crippen LogP contribution in [-0.4, -0.2) is 22.4 Å². The molecule has 0 aliphatic heterocycles. The molecular formula is C14H30O2. The van der Waals surface area contributed by atoms with Crippen LogP contribution in [0.5, 0.6) is 0 Å². The van der Waals surface area contributed by atoms with Crippen molar-refractivity contribution < 1.29 is 10.2 Å². The van der Waals surface area contributed by atoms with Gasteiger partial charge >= 0.3 is 0 Å². The molecule has 0 aliphatic rings. The number of rotatable bonds is 11. The summed E-state index contributed by atoms with van der Waals surface area (Å²) in [4.78, 5) is 0. The number of aliphatic hydroxyl groups excluding tert-OH is 2. The van der Waals surface area contributed by atoms with Crippen LogP contribution in [0.15, 0.2) is 0 Å². The first-order valence-corrected chi connectivity index (χ1v) is 7.06. The van der Waals surface area contributed by atoms with Gasteiger partial charge in [0.2, 0.25) is 0 Å². The molecule has 2 N–H and O–H groups in total. The molecule has 0 bridgehead atoms. The molecule has 16 heavy (non-hydrogen) atoms. The Morgan fingerprint density at radius 1 is 0.625 bits per heavy atom. The number of unbranched alkanes of at least 4 members (excludes halogenated alkanes) is 3. The van der Waals surface area contributed by atoms with Crippen molar-refractivity contribution in [1.29, 1.82) is 0 Å². The molecule has 0 aromatic rings. The zero-order chi connectivity index (χ0) is 12.2. The molecule has 0 amide bonds. The smallest absolute Gasteiger partial charge is 0.0540 e. The molecule has 0 aromatic heterocycles. The van der Waals surface area contributed by atoms with Crippen LogP contribution in [0.3, 0.4) is 0 Å². The lowest BCUT2D eigenvalue weighted by Gasteiger charge is -2.11. The third-order valence-corrected chi connectivity index (χ3v) is 3.09. The molecule has 2 unspecified atom stereocenters. The highest BCUT2D eigenvalue weighted by Gasteiger charge is 2.04. The van der Waals surface area contributed by atoms with Crippen LogP contribution in [0, 0.1) is 0 Å². The van der Waals surface area contributed by atoms with Gasteiger partial charge in [0.25, 0.3) is 0 Å². The van der Waals surface area contributed by atoms with Crippen LogP contribution in [0.2, 0.25) is 0 Å². The second-order valence-corrected chi connectivity index (χ2v) is 4.88. The summed E-state index contributed by atoms with van der Waals surface area (Å²) in [5.74, 6) is 0. The fourth-order valence-electron chi connectivity index (χ4n) is 2.00. The van der Waals surface area contributed by atoms with Gasteiger partial charge < -0.3 is 10.2 Å². The minimum Gasteiger partial charge on any atom is -0.393 e. The molecular weight excluding hydrogens is 200 g/mol. The monoisotopic (exact) mass is 230 g/mol. The highest BCUT2D eigenvalue weighted by atomic mass is 16.3. The van der Waals surface area contributed by atoms with E-state index >= 15 is 0 Å². The van der Waals surface area contributed by atoms with E-state index in [0.29, 0.717) is 0 Å². The Kier molecular flexibility index (Phi) is 11.3. The van der Waals surface area contributed by atoms with Crippen molar-refractivity contribution >= 4 is 0 Å². The van der Waals surface area contributed by atoms with E-state index in [1.165, 1.54) is 6.42 Å². The molecule has 0 aliphatic carbocycles. The average Bonchev–Trinajstić information content (AvgIpc) is 2.26. The normalized spacial score (nSPS) is 15.0. The molecule has 0 heterocycles. The lowest BCUT2D eigenvalue weighted by atomic mass is 10.0. The SMILES string of the molecule is CCCCC(O)CCCCCC(O)CCC. The first kappa shape index (κ1) is 15.9. The molecule has 0 radical (unpaired) electrons. The topological polar surface area (TPSA) is 40.5 Å². The van der Waals surface area contributed by atoms with Crippen LogP contribution in [0.25, 0.3) is 0 Å². The maximum absolute atomic E-state index is 9.62. The van der Waals surface area contributed by atoms with E-state index in [-0.39, 0.29) is 12.2 Å². The first-order chi connectivity index (χ1) is 7.70. The first-order valence-electron chi connectivity index (χ1n) is 7.06. The summed E-state index contributed by atoms with van der Waals surface area (Å²) in [6, 6.07) is 0. The zero-order valence-corrected chi connectivity index (χ0v) is 11.1. The average molecular weight is 230 g/mol. The molecule has 0 fully saturated rings. The summed E-state index contributed by atoms with van der Waals surface area (Å²) < 4.78 is 0. The summed E-state index contributed by atoms with van der Waals surface area (Å²) >= 11 is 0. The standard InChI is InChI=1S/C14H30O2/c1-3-5-10-14(16)12-8-6-7-11-13(15)9-4-2/h13-16H,3-12H2,1-2H3. The molecule has 2 nitrogen and oxygen atoms in total. The number of hydrogen-bond acceptors (Lipinski definition) is 2.